The molecule has 0 rings (SSSR count). The van der Waals surface area contributed by atoms with Crippen LogP contribution in [0.2, 0.25) is 0 Å². The summed E-state index contributed by atoms with van der Waals surface area (Å²) in [6.45, 7) is 4.04. The van der Waals surface area contributed by atoms with E-state index < -0.39 is 13.9 Å². The molecular weight excluding hydrogens is 513 g/mol. The van der Waals surface area contributed by atoms with Crippen molar-refractivity contribution in [3.8, 4) is 0 Å². The van der Waals surface area contributed by atoms with Crippen molar-refractivity contribution in [1.29, 1.82) is 0 Å². The van der Waals surface area contributed by atoms with Crippen LogP contribution in [0, 0.1) is 0 Å². The first kappa shape index (κ1) is 38.7. The summed E-state index contributed by atoms with van der Waals surface area (Å²) in [7, 11) is 3.38. The summed E-state index contributed by atoms with van der Waals surface area (Å²) in [6.07, 6.45) is 27.7. The Hall–Kier alpha value is -0.270. The fourth-order valence-corrected chi connectivity index (χ4v) is 5.19. The Bertz CT molecular complexity index is 596. The quantitative estimate of drug-likeness (QED) is 0.0399. The van der Waals surface area contributed by atoms with Crippen LogP contribution in [0.4, 0.5) is 0 Å². The zero-order valence-corrected chi connectivity index (χ0v) is 27.3. The summed E-state index contributed by atoms with van der Waals surface area (Å²) >= 11 is 0. The fourth-order valence-electron chi connectivity index (χ4n) is 4.32. The van der Waals surface area contributed by atoms with Gasteiger partial charge in [0.25, 0.3) is 0 Å². The van der Waals surface area contributed by atoms with Crippen LogP contribution in [0.25, 0.3) is 0 Å². The molecule has 0 radical (unpaired) electrons. The topological polar surface area (TPSA) is 74.2 Å². The first-order valence-corrected chi connectivity index (χ1v) is 17.4. The van der Waals surface area contributed by atoms with E-state index in [9.17, 15) is 9.46 Å². The molecule has 0 aliphatic carbocycles. The third kappa shape index (κ3) is 30.5. The van der Waals surface area contributed by atoms with Gasteiger partial charge < -0.3 is 18.9 Å². The van der Waals surface area contributed by atoms with E-state index in [0.29, 0.717) is 17.6 Å². The second kappa shape index (κ2) is 26.6. The normalized spacial score (nSPS) is 14.7. The fraction of sp³-hybridized carbons (Fsp3) is 0.935. The van der Waals surface area contributed by atoms with Gasteiger partial charge in [-0.2, -0.15) is 0 Å². The Morgan fingerprint density at radius 1 is 0.718 bits per heavy atom. The lowest BCUT2D eigenvalue weighted by molar-refractivity contribution is -0.870. The van der Waals surface area contributed by atoms with Crippen LogP contribution < -0.4 is 0 Å². The summed E-state index contributed by atoms with van der Waals surface area (Å²) in [6, 6.07) is 0. The van der Waals surface area contributed by atoms with Crippen LogP contribution in [0.5, 0.6) is 0 Å². The third-order valence-electron chi connectivity index (χ3n) is 6.76. The summed E-state index contributed by atoms with van der Waals surface area (Å²) < 4.78 is 34.0. The number of rotatable bonds is 30. The number of methoxy groups -OCH3 is 1. The molecular formula is C31H65NO6P+. The zero-order chi connectivity index (χ0) is 29.1. The minimum absolute atomic E-state index is 0.148. The number of quaternary nitrogens is 1. The van der Waals surface area contributed by atoms with E-state index in [2.05, 4.69) is 19.1 Å². The van der Waals surface area contributed by atoms with Crippen molar-refractivity contribution in [1.82, 2.24) is 0 Å². The largest absolute Gasteiger partial charge is 0.472 e. The molecule has 0 saturated heterocycles. The molecule has 39 heavy (non-hydrogen) atoms. The van der Waals surface area contributed by atoms with Crippen LogP contribution in [0.1, 0.15) is 122 Å². The van der Waals surface area contributed by atoms with Crippen molar-refractivity contribution in [3.63, 3.8) is 0 Å². The van der Waals surface area contributed by atoms with E-state index in [4.69, 9.17) is 18.5 Å². The number of phosphoric ester groups is 1. The highest BCUT2D eigenvalue weighted by Gasteiger charge is 2.27. The monoisotopic (exact) mass is 578 g/mol. The van der Waals surface area contributed by atoms with Gasteiger partial charge in [-0.25, -0.2) is 4.57 Å². The third-order valence-corrected chi connectivity index (χ3v) is 7.83. The molecule has 7 nitrogen and oxygen atoms in total. The van der Waals surface area contributed by atoms with Gasteiger partial charge in [0.15, 0.2) is 0 Å². The van der Waals surface area contributed by atoms with E-state index >= 15 is 0 Å². The van der Waals surface area contributed by atoms with Gasteiger partial charge in [-0.15, -0.1) is 0 Å². The summed E-state index contributed by atoms with van der Waals surface area (Å²) in [5, 5.41) is 0. The number of allylic oxidation sites excluding steroid dienone is 2. The molecule has 0 heterocycles. The van der Waals surface area contributed by atoms with E-state index in [1.54, 1.807) is 0 Å². The SMILES string of the molecule is CCCCCCCCC=CCCCCCCCCCCCCOC[C@@H](COC)OP(=O)(O)OCC[N+](C)(C)C. The smallest absolute Gasteiger partial charge is 0.382 e. The van der Waals surface area contributed by atoms with Crippen molar-refractivity contribution in [2.24, 2.45) is 0 Å². The Morgan fingerprint density at radius 2 is 1.21 bits per heavy atom. The zero-order valence-electron chi connectivity index (χ0n) is 26.4. The molecule has 0 fully saturated rings. The first-order chi connectivity index (χ1) is 18.7. The van der Waals surface area contributed by atoms with Gasteiger partial charge in [0.2, 0.25) is 0 Å². The van der Waals surface area contributed by atoms with Crippen molar-refractivity contribution < 1.29 is 32.5 Å². The van der Waals surface area contributed by atoms with Crippen molar-refractivity contribution in [2.75, 3.05) is 61.2 Å². The number of hydrogen-bond donors (Lipinski definition) is 1. The van der Waals surface area contributed by atoms with Crippen LogP contribution in [-0.4, -0.2) is 76.7 Å². The van der Waals surface area contributed by atoms with E-state index in [1.165, 1.54) is 110 Å². The predicted molar refractivity (Wildman–Crippen MR) is 164 cm³/mol. The standard InChI is InChI=1S/C31H64NO6P/c1-6-7-8-9-10-11-12-13-14-15-16-17-18-19-20-21-22-23-24-25-27-36-30-31(29-35-5)38-39(33,34)37-28-26-32(2,3)4/h13-14,31H,6-12,15-30H2,1-5H3/p+1/t31-/m1/s1. The maximum absolute atomic E-state index is 12.2. The van der Waals surface area contributed by atoms with E-state index in [0.717, 1.165) is 12.8 Å². The average molecular weight is 579 g/mol. The second-order valence-corrected chi connectivity index (χ2v) is 13.3. The van der Waals surface area contributed by atoms with Gasteiger partial charge >= 0.3 is 7.82 Å². The number of ether oxygens (including phenoxy) is 2. The number of phosphoric acid groups is 1. The highest BCUT2D eigenvalue weighted by atomic mass is 31.2. The lowest BCUT2D eigenvalue weighted by Crippen LogP contribution is -2.37. The molecule has 0 bridgehead atoms. The second-order valence-electron chi connectivity index (χ2n) is 11.9. The number of nitrogens with zero attached hydrogens (tertiary/aromatic N) is 1. The summed E-state index contributed by atoms with van der Waals surface area (Å²) in [5.74, 6) is 0. The van der Waals surface area contributed by atoms with E-state index in [1.807, 2.05) is 21.1 Å². The summed E-state index contributed by atoms with van der Waals surface area (Å²) in [4.78, 5) is 9.98. The predicted octanol–water partition coefficient (Wildman–Crippen LogP) is 8.46. The number of hydrogen-bond acceptors (Lipinski definition) is 5. The maximum Gasteiger partial charge on any atom is 0.472 e. The Morgan fingerprint density at radius 3 is 1.69 bits per heavy atom. The molecule has 0 aromatic carbocycles. The van der Waals surface area contributed by atoms with Gasteiger partial charge in [0.05, 0.1) is 34.4 Å². The molecule has 0 aromatic rings. The molecule has 0 aliphatic heterocycles. The van der Waals surface area contributed by atoms with Gasteiger partial charge in [-0.1, -0.05) is 103 Å². The maximum atomic E-state index is 12.2. The number of likely N-dealkylation sites (N-methyl/N-ethyl adjacent to an activating group) is 1. The minimum atomic E-state index is -4.14. The Kier molecular flexibility index (Phi) is 26.4. The number of unbranched alkanes of at least 4 members (excludes halogenated alkanes) is 16. The van der Waals surface area contributed by atoms with Gasteiger partial charge in [0, 0.05) is 13.7 Å². The lowest BCUT2D eigenvalue weighted by atomic mass is 10.1. The van der Waals surface area contributed by atoms with Crippen LogP contribution in [-0.2, 0) is 23.1 Å². The van der Waals surface area contributed by atoms with Gasteiger partial charge in [-0.05, 0) is 32.1 Å². The Balaban J connectivity index is 3.55. The molecule has 2 atom stereocenters. The van der Waals surface area contributed by atoms with E-state index in [-0.39, 0.29) is 19.8 Å². The highest BCUT2D eigenvalue weighted by molar-refractivity contribution is 7.47. The molecule has 1 N–H and O–H groups in total. The van der Waals surface area contributed by atoms with Crippen molar-refractivity contribution in [3.05, 3.63) is 12.2 Å². The molecule has 0 aliphatic rings. The highest BCUT2D eigenvalue weighted by Crippen LogP contribution is 2.44. The Labute approximate surface area is 242 Å². The first-order valence-electron chi connectivity index (χ1n) is 15.9. The van der Waals surface area contributed by atoms with Crippen molar-refractivity contribution >= 4 is 7.82 Å². The molecule has 0 aromatic heterocycles. The molecule has 0 saturated carbocycles. The average Bonchev–Trinajstić information content (AvgIpc) is 2.86. The van der Waals surface area contributed by atoms with Gasteiger partial charge in [-0.3, -0.25) is 9.05 Å². The van der Waals surface area contributed by atoms with Crippen LogP contribution >= 0.6 is 7.82 Å². The molecule has 8 heteroatoms. The summed E-state index contributed by atoms with van der Waals surface area (Å²) in [5.41, 5.74) is 0. The molecule has 0 amide bonds. The van der Waals surface area contributed by atoms with Crippen LogP contribution in [0.3, 0.4) is 0 Å². The molecule has 0 spiro atoms. The minimum Gasteiger partial charge on any atom is -0.382 e. The molecule has 1 unspecified atom stereocenters. The van der Waals surface area contributed by atoms with Crippen molar-refractivity contribution in [2.45, 2.75) is 129 Å². The molecule has 234 valence electrons. The van der Waals surface area contributed by atoms with Crippen LogP contribution in [0.15, 0.2) is 12.2 Å². The van der Waals surface area contributed by atoms with Gasteiger partial charge in [0.1, 0.15) is 19.3 Å². The lowest BCUT2D eigenvalue weighted by Gasteiger charge is -2.25.